The quantitative estimate of drug-likeness (QED) is 0.140. The second kappa shape index (κ2) is 13.3. The SMILES string of the molecule is CCN(CC)c1ccc2nc3ccc(N=Nc4ccc(NCC(O)CO)cc4)cc3[n+](-c3ccccc3)c2c1.[Cl-]. The first-order chi connectivity index (χ1) is 19.1. The zero-order valence-corrected chi connectivity index (χ0v) is 23.3. The van der Waals surface area contributed by atoms with Gasteiger partial charge in [0.15, 0.2) is 0 Å². The fourth-order valence-corrected chi connectivity index (χ4v) is 4.59. The number of aromatic nitrogens is 2. The minimum absolute atomic E-state index is 0. The van der Waals surface area contributed by atoms with Gasteiger partial charge in [0.25, 0.3) is 0 Å². The first-order valence-electron chi connectivity index (χ1n) is 13.2. The predicted molar refractivity (Wildman–Crippen MR) is 157 cm³/mol. The third-order valence-corrected chi connectivity index (χ3v) is 6.68. The molecule has 5 rings (SSSR count). The van der Waals surface area contributed by atoms with Gasteiger partial charge in [0, 0.05) is 55.3 Å². The Labute approximate surface area is 240 Å². The molecule has 0 radical (unpaired) electrons. The molecule has 3 N–H and O–H groups in total. The Kier molecular flexibility index (Phi) is 9.60. The van der Waals surface area contributed by atoms with E-state index in [0.717, 1.165) is 57.9 Å². The van der Waals surface area contributed by atoms with Gasteiger partial charge in [0.05, 0.1) is 24.1 Å². The number of para-hydroxylation sites is 1. The summed E-state index contributed by atoms with van der Waals surface area (Å²) in [4.78, 5) is 7.30. The van der Waals surface area contributed by atoms with Gasteiger partial charge in [-0.1, -0.05) is 18.2 Å². The van der Waals surface area contributed by atoms with Gasteiger partial charge in [0.1, 0.15) is 11.0 Å². The molecule has 1 heterocycles. The smallest absolute Gasteiger partial charge is 0.239 e. The Balaban J connectivity index is 0.00000370. The minimum atomic E-state index is -0.800. The monoisotopic (exact) mass is 556 g/mol. The van der Waals surface area contributed by atoms with Crippen LogP contribution in [-0.2, 0) is 0 Å². The summed E-state index contributed by atoms with van der Waals surface area (Å²) in [7, 11) is 0. The molecule has 9 heteroatoms. The maximum atomic E-state index is 9.52. The highest BCUT2D eigenvalue weighted by atomic mass is 35.5. The van der Waals surface area contributed by atoms with Gasteiger partial charge < -0.3 is 32.8 Å². The van der Waals surface area contributed by atoms with E-state index in [1.807, 2.05) is 60.7 Å². The van der Waals surface area contributed by atoms with E-state index in [1.165, 1.54) is 0 Å². The van der Waals surface area contributed by atoms with Crippen LogP contribution in [0.25, 0.3) is 27.8 Å². The topological polar surface area (TPSA) is 97.2 Å². The number of nitrogens with zero attached hydrogens (tertiary/aromatic N) is 5. The second-order valence-electron chi connectivity index (χ2n) is 9.27. The Bertz CT molecular complexity index is 1590. The van der Waals surface area contributed by atoms with Crippen molar-refractivity contribution in [2.75, 3.05) is 36.5 Å². The summed E-state index contributed by atoms with van der Waals surface area (Å²) < 4.78 is 2.24. The number of hydrogen-bond acceptors (Lipinski definition) is 7. The molecule has 0 bridgehead atoms. The van der Waals surface area contributed by atoms with E-state index >= 15 is 0 Å². The van der Waals surface area contributed by atoms with E-state index in [4.69, 9.17) is 10.1 Å². The zero-order valence-electron chi connectivity index (χ0n) is 22.6. The third kappa shape index (κ3) is 6.37. The summed E-state index contributed by atoms with van der Waals surface area (Å²) in [6.07, 6.45) is -0.800. The van der Waals surface area contributed by atoms with Crippen LogP contribution in [0.2, 0.25) is 0 Å². The number of aliphatic hydroxyl groups excluding tert-OH is 2. The summed E-state index contributed by atoms with van der Waals surface area (Å²) in [5.74, 6) is 0. The van der Waals surface area contributed by atoms with Crippen LogP contribution >= 0.6 is 0 Å². The van der Waals surface area contributed by atoms with Crippen molar-refractivity contribution in [2.45, 2.75) is 20.0 Å². The molecule has 0 saturated carbocycles. The Morgan fingerprint density at radius 1 is 0.825 bits per heavy atom. The van der Waals surface area contributed by atoms with E-state index in [0.29, 0.717) is 5.69 Å². The van der Waals surface area contributed by atoms with Crippen molar-refractivity contribution in [3.63, 3.8) is 0 Å². The highest BCUT2D eigenvalue weighted by Gasteiger charge is 2.21. The summed E-state index contributed by atoms with van der Waals surface area (Å²) >= 11 is 0. The molecule has 0 saturated heterocycles. The number of aliphatic hydroxyl groups is 2. The number of benzene rings is 4. The van der Waals surface area contributed by atoms with E-state index in [-0.39, 0.29) is 25.6 Å². The van der Waals surface area contributed by atoms with Gasteiger partial charge in [-0.2, -0.15) is 10.2 Å². The molecule has 0 aliphatic carbocycles. The van der Waals surface area contributed by atoms with E-state index in [2.05, 4.69) is 69.2 Å². The molecular weight excluding hydrogens is 524 g/mol. The maximum Gasteiger partial charge on any atom is 0.239 e. The lowest BCUT2D eigenvalue weighted by Crippen LogP contribution is -3.00. The normalized spacial score (nSPS) is 12.0. The lowest BCUT2D eigenvalue weighted by molar-refractivity contribution is -0.538. The lowest BCUT2D eigenvalue weighted by Gasteiger charge is -2.20. The number of anilines is 2. The molecular formula is C31H33ClN6O2. The first-order valence-corrected chi connectivity index (χ1v) is 13.2. The fourth-order valence-electron chi connectivity index (χ4n) is 4.59. The Morgan fingerprint density at radius 3 is 2.12 bits per heavy atom. The second-order valence-corrected chi connectivity index (χ2v) is 9.27. The molecule has 0 fully saturated rings. The fraction of sp³-hybridized carbons (Fsp3) is 0.226. The molecule has 1 aromatic heterocycles. The summed E-state index contributed by atoms with van der Waals surface area (Å²) in [6, 6.07) is 30.1. The molecule has 0 spiro atoms. The van der Waals surface area contributed by atoms with Gasteiger partial charge in [0.2, 0.25) is 16.7 Å². The highest BCUT2D eigenvalue weighted by molar-refractivity contribution is 5.85. The molecule has 0 aliphatic heterocycles. The van der Waals surface area contributed by atoms with Crippen molar-refractivity contribution in [1.82, 2.24) is 4.98 Å². The number of nitrogens with one attached hydrogen (secondary N) is 1. The molecule has 5 aromatic rings. The van der Waals surface area contributed by atoms with Crippen LogP contribution in [0.3, 0.4) is 0 Å². The van der Waals surface area contributed by atoms with Crippen LogP contribution in [0.4, 0.5) is 22.7 Å². The van der Waals surface area contributed by atoms with Crippen molar-refractivity contribution >= 4 is 44.8 Å². The summed E-state index contributed by atoms with van der Waals surface area (Å²) in [5.41, 5.74) is 8.26. The van der Waals surface area contributed by atoms with Gasteiger partial charge in [-0.25, -0.2) is 4.98 Å². The zero-order chi connectivity index (χ0) is 27.2. The molecule has 1 atom stereocenters. The van der Waals surface area contributed by atoms with Gasteiger partial charge in [-0.15, -0.1) is 4.57 Å². The number of hydrogen-bond donors (Lipinski definition) is 3. The van der Waals surface area contributed by atoms with Crippen molar-refractivity contribution < 1.29 is 27.2 Å². The summed E-state index contributed by atoms with van der Waals surface area (Å²) in [6.45, 7) is 6.19. The van der Waals surface area contributed by atoms with Gasteiger partial charge in [-0.05, 0) is 62.4 Å². The standard InChI is InChI=1S/C31H32N6O2.ClH/c1-3-36(4-2)26-15-17-29-31(19-26)37(25-8-6-5-7-9-25)30-18-24(14-16-28(30)33-29)35-34-23-12-10-22(11-13-23)32-20-27(39)21-38;/h5-19,27,38-39H,3-4,20-21H2,1-2H3;1H. The van der Waals surface area contributed by atoms with Crippen molar-refractivity contribution in [3.8, 4) is 5.69 Å². The van der Waals surface area contributed by atoms with Gasteiger partial charge >= 0.3 is 0 Å². The highest BCUT2D eigenvalue weighted by Crippen LogP contribution is 2.26. The maximum absolute atomic E-state index is 9.52. The molecule has 206 valence electrons. The molecule has 8 nitrogen and oxygen atoms in total. The third-order valence-electron chi connectivity index (χ3n) is 6.68. The van der Waals surface area contributed by atoms with Crippen LogP contribution in [0.15, 0.2) is 101 Å². The van der Waals surface area contributed by atoms with Crippen LogP contribution < -0.4 is 27.2 Å². The lowest BCUT2D eigenvalue weighted by atomic mass is 10.1. The van der Waals surface area contributed by atoms with Crippen molar-refractivity contribution in [2.24, 2.45) is 10.2 Å². The first kappa shape index (κ1) is 28.9. The van der Waals surface area contributed by atoms with Crippen LogP contribution in [0.5, 0.6) is 0 Å². The summed E-state index contributed by atoms with van der Waals surface area (Å²) in [5, 5.41) is 30.5. The Morgan fingerprint density at radius 2 is 1.45 bits per heavy atom. The molecule has 1 unspecified atom stereocenters. The van der Waals surface area contributed by atoms with Gasteiger partial charge in [-0.3, -0.25) is 0 Å². The van der Waals surface area contributed by atoms with E-state index in [9.17, 15) is 5.11 Å². The number of azo groups is 1. The van der Waals surface area contributed by atoms with Crippen LogP contribution in [0.1, 0.15) is 13.8 Å². The Hall–Kier alpha value is -4.11. The number of halogens is 1. The average molecular weight is 557 g/mol. The number of fused-ring (bicyclic) bond motifs is 2. The van der Waals surface area contributed by atoms with Crippen molar-refractivity contribution in [1.29, 1.82) is 0 Å². The largest absolute Gasteiger partial charge is 1.00 e. The molecule has 4 aromatic carbocycles. The molecule has 0 amide bonds. The molecule has 40 heavy (non-hydrogen) atoms. The average Bonchev–Trinajstić information content (AvgIpc) is 2.99. The van der Waals surface area contributed by atoms with E-state index < -0.39 is 6.10 Å². The number of rotatable bonds is 10. The van der Waals surface area contributed by atoms with Crippen molar-refractivity contribution in [3.05, 3.63) is 91.0 Å². The molecule has 0 aliphatic rings. The minimum Gasteiger partial charge on any atom is -1.00 e. The van der Waals surface area contributed by atoms with Crippen LogP contribution in [0, 0.1) is 0 Å². The van der Waals surface area contributed by atoms with Crippen LogP contribution in [-0.4, -0.2) is 47.5 Å². The van der Waals surface area contributed by atoms with E-state index in [1.54, 1.807) is 0 Å². The predicted octanol–water partition coefficient (Wildman–Crippen LogP) is 2.70.